The molecule has 0 aromatic heterocycles. The van der Waals surface area contributed by atoms with Gasteiger partial charge in [0.1, 0.15) is 17.7 Å². The van der Waals surface area contributed by atoms with Crippen LogP contribution in [0.1, 0.15) is 42.5 Å². The summed E-state index contributed by atoms with van der Waals surface area (Å²) in [6.45, 7) is 3.36. The average molecular weight is 677 g/mol. The van der Waals surface area contributed by atoms with Gasteiger partial charge in [-0.15, -0.1) is 0 Å². The highest BCUT2D eigenvalue weighted by Crippen LogP contribution is 2.44. The first-order valence-electron chi connectivity index (χ1n) is 14.2. The Morgan fingerprint density at radius 2 is 1.68 bits per heavy atom. The van der Waals surface area contributed by atoms with E-state index >= 15 is 0 Å². The van der Waals surface area contributed by atoms with Crippen LogP contribution in [0.25, 0.3) is 17.2 Å². The number of rotatable bonds is 10. The van der Waals surface area contributed by atoms with Crippen molar-refractivity contribution in [2.75, 3.05) is 18.1 Å². The minimum absolute atomic E-state index is 0.237. The first-order valence-corrected chi connectivity index (χ1v) is 17.0. The van der Waals surface area contributed by atoms with Gasteiger partial charge < -0.3 is 18.9 Å². The fourth-order valence-corrected chi connectivity index (χ4v) is 6.07. The van der Waals surface area contributed by atoms with E-state index in [4.69, 9.17) is 18.9 Å². The summed E-state index contributed by atoms with van der Waals surface area (Å²) in [5, 5.41) is 0. The molecular formula is C35H29FO9S2. The molecule has 12 heteroatoms. The maximum atomic E-state index is 14.2. The Kier molecular flexibility index (Phi) is 10.2. The van der Waals surface area contributed by atoms with E-state index in [9.17, 15) is 27.8 Å². The fourth-order valence-electron chi connectivity index (χ4n) is 5.11. The maximum absolute atomic E-state index is 14.2. The summed E-state index contributed by atoms with van der Waals surface area (Å²) in [6, 6.07) is 20.2. The molecule has 242 valence electrons. The van der Waals surface area contributed by atoms with Crippen LogP contribution in [0.3, 0.4) is 0 Å². The van der Waals surface area contributed by atoms with Crippen molar-refractivity contribution in [3.63, 3.8) is 0 Å². The van der Waals surface area contributed by atoms with Crippen molar-refractivity contribution in [2.45, 2.75) is 30.8 Å². The Morgan fingerprint density at radius 1 is 0.979 bits per heavy atom. The van der Waals surface area contributed by atoms with Gasteiger partial charge in [0.15, 0.2) is 5.60 Å². The zero-order chi connectivity index (χ0) is 33.7. The Hall–Kier alpha value is -4.81. The van der Waals surface area contributed by atoms with E-state index in [1.54, 1.807) is 68.6 Å². The highest BCUT2D eigenvalue weighted by atomic mass is 32.2. The smallest absolute Gasteiger partial charge is 0.467 e. The van der Waals surface area contributed by atoms with E-state index in [-0.39, 0.29) is 24.1 Å². The normalized spacial score (nSPS) is 18.3. The molecular weight excluding hydrogens is 648 g/mol. The number of fused-ring (bicyclic) bond motifs is 1. The third-order valence-corrected chi connectivity index (χ3v) is 9.11. The third kappa shape index (κ3) is 7.61. The number of halogens is 1. The lowest BCUT2D eigenvalue weighted by molar-refractivity contribution is -0.144. The maximum Gasteiger partial charge on any atom is 0.517 e. The van der Waals surface area contributed by atoms with Crippen LogP contribution in [0.5, 0.6) is 0 Å². The van der Waals surface area contributed by atoms with Crippen LogP contribution in [0.4, 0.5) is 9.18 Å². The monoisotopic (exact) mass is 676 g/mol. The van der Waals surface area contributed by atoms with Crippen molar-refractivity contribution in [1.82, 2.24) is 0 Å². The summed E-state index contributed by atoms with van der Waals surface area (Å²) in [5.74, 6) is -3.41. The van der Waals surface area contributed by atoms with Gasteiger partial charge in [0.05, 0.1) is 6.42 Å². The molecule has 0 bridgehead atoms. The number of ketones is 1. The lowest BCUT2D eigenvalue weighted by atomic mass is 9.92. The van der Waals surface area contributed by atoms with Crippen LogP contribution in [-0.4, -0.2) is 46.2 Å². The van der Waals surface area contributed by atoms with Gasteiger partial charge in [-0.3, -0.25) is 13.8 Å². The summed E-state index contributed by atoms with van der Waals surface area (Å²) in [7, 11) is -1.12. The van der Waals surface area contributed by atoms with Gasteiger partial charge >= 0.3 is 18.1 Å². The Morgan fingerprint density at radius 3 is 2.38 bits per heavy atom. The van der Waals surface area contributed by atoms with Crippen molar-refractivity contribution < 1.29 is 46.7 Å². The fraction of sp³-hybridized carbons (Fsp3) is 0.200. The predicted molar refractivity (Wildman–Crippen MR) is 174 cm³/mol. The molecule has 0 N–H and O–H groups in total. The molecule has 1 heterocycles. The molecule has 1 aliphatic carbocycles. The minimum atomic E-state index is -1.34. The summed E-state index contributed by atoms with van der Waals surface area (Å²) in [6.07, 6.45) is 3.00. The van der Waals surface area contributed by atoms with Crippen LogP contribution in [0.2, 0.25) is 0 Å². The molecule has 0 spiro atoms. The largest absolute Gasteiger partial charge is 0.517 e. The lowest BCUT2D eigenvalue weighted by Gasteiger charge is -2.23. The quantitative estimate of drug-likeness (QED) is 0.101. The molecule has 0 fully saturated rings. The van der Waals surface area contributed by atoms with Crippen molar-refractivity contribution >= 4 is 63.7 Å². The zero-order valence-electron chi connectivity index (χ0n) is 25.6. The molecule has 2 aliphatic rings. The minimum Gasteiger partial charge on any atom is -0.467 e. The van der Waals surface area contributed by atoms with Crippen molar-refractivity contribution in [3.8, 4) is 0 Å². The molecule has 2 unspecified atom stereocenters. The number of allylic oxidation sites excluding steroid dienone is 2. The number of hydrogen-bond acceptors (Lipinski definition) is 10. The van der Waals surface area contributed by atoms with Gasteiger partial charge in [-0.2, -0.15) is 0 Å². The van der Waals surface area contributed by atoms with E-state index in [0.717, 1.165) is 34.5 Å². The molecule has 1 aliphatic heterocycles. The molecule has 0 amide bonds. The Bertz CT molecular complexity index is 1860. The van der Waals surface area contributed by atoms with E-state index in [2.05, 4.69) is 0 Å². The highest BCUT2D eigenvalue weighted by molar-refractivity contribution is 7.99. The molecule has 0 saturated heterocycles. The van der Waals surface area contributed by atoms with Gasteiger partial charge in [0.2, 0.25) is 11.5 Å². The number of ether oxygens (including phenoxy) is 4. The van der Waals surface area contributed by atoms with Gasteiger partial charge in [-0.05, 0) is 77.6 Å². The second kappa shape index (κ2) is 14.3. The van der Waals surface area contributed by atoms with Gasteiger partial charge in [-0.25, -0.2) is 14.0 Å². The first-order chi connectivity index (χ1) is 22.5. The summed E-state index contributed by atoms with van der Waals surface area (Å²) < 4.78 is 46.4. The Balaban J connectivity index is 1.11. The van der Waals surface area contributed by atoms with E-state index < -0.39 is 46.1 Å². The lowest BCUT2D eigenvalue weighted by Crippen LogP contribution is -2.30. The standard InChI is InChI=1S/C35H29FO9S2/c1-21-27(15-22-9-12-25(13-10-22)47(3)41)26-14-11-24(36)16-29(26)28(21)17-32(38)44-34(40)43-20-46-19-42-33(39)30-18-31(37)35(2,45-30)23-7-5-4-6-8-23/h4-16,18H,17,19-20H2,1-3H3/b27-15-. The highest BCUT2D eigenvalue weighted by Gasteiger charge is 2.44. The van der Waals surface area contributed by atoms with E-state index in [0.29, 0.717) is 27.2 Å². The van der Waals surface area contributed by atoms with Crippen LogP contribution in [0.15, 0.2) is 95.1 Å². The SMILES string of the molecule is CC1=C(CC(=O)OC(=O)OCSCOC(=O)C2=CC(=O)C(C)(c3ccccc3)O2)c2cc(F)ccc2/C1=C\c1ccc(S(C)=O)cc1. The third-order valence-electron chi connectivity index (χ3n) is 7.60. The average Bonchev–Trinajstić information content (AvgIpc) is 3.49. The van der Waals surface area contributed by atoms with Crippen molar-refractivity contribution in [2.24, 2.45) is 0 Å². The zero-order valence-corrected chi connectivity index (χ0v) is 27.2. The molecule has 47 heavy (non-hydrogen) atoms. The van der Waals surface area contributed by atoms with Gasteiger partial charge in [0, 0.05) is 33.6 Å². The van der Waals surface area contributed by atoms with E-state index in [1.807, 2.05) is 18.2 Å². The van der Waals surface area contributed by atoms with Crippen LogP contribution in [0, 0.1) is 5.82 Å². The van der Waals surface area contributed by atoms with Crippen molar-refractivity contribution in [1.29, 1.82) is 0 Å². The number of esters is 2. The van der Waals surface area contributed by atoms with Crippen molar-refractivity contribution in [3.05, 3.63) is 118 Å². The molecule has 0 saturated carbocycles. The molecule has 2 atom stereocenters. The van der Waals surface area contributed by atoms with E-state index in [1.165, 1.54) is 12.1 Å². The molecule has 3 aromatic rings. The molecule has 9 nitrogen and oxygen atoms in total. The predicted octanol–water partition coefficient (Wildman–Crippen LogP) is 6.55. The van der Waals surface area contributed by atoms with Gasteiger partial charge in [0.25, 0.3) is 0 Å². The summed E-state index contributed by atoms with van der Waals surface area (Å²) >= 11 is 0.901. The summed E-state index contributed by atoms with van der Waals surface area (Å²) in [4.78, 5) is 50.5. The second-order valence-electron chi connectivity index (χ2n) is 10.7. The Labute approximate surface area is 276 Å². The van der Waals surface area contributed by atoms with Crippen LogP contribution in [-0.2, 0) is 49.7 Å². The summed E-state index contributed by atoms with van der Waals surface area (Å²) in [5.41, 5.74) is 3.29. The number of thioether (sulfide) groups is 1. The molecule has 0 radical (unpaired) electrons. The number of carbonyl (C=O) groups is 4. The second-order valence-corrected chi connectivity index (χ2v) is 12.9. The first kappa shape index (κ1) is 33.6. The molecule has 3 aromatic carbocycles. The number of hydrogen-bond donors (Lipinski definition) is 0. The number of carbonyl (C=O) groups excluding carboxylic acids is 4. The topological polar surface area (TPSA) is 122 Å². The van der Waals surface area contributed by atoms with Crippen LogP contribution >= 0.6 is 11.8 Å². The number of benzene rings is 3. The van der Waals surface area contributed by atoms with Gasteiger partial charge in [-0.1, -0.05) is 60.3 Å². The van der Waals surface area contributed by atoms with Crippen LogP contribution < -0.4 is 0 Å². The molecule has 5 rings (SSSR count).